The molecule has 2 heterocycles. The second-order valence-electron chi connectivity index (χ2n) is 18.5. The Kier molecular flexibility index (Phi) is 11.2. The number of rotatable bonds is 12. The van der Waals surface area contributed by atoms with Gasteiger partial charge in [-0.3, -0.25) is 0 Å². The van der Waals surface area contributed by atoms with E-state index in [1.54, 1.807) is 14.2 Å². The zero-order chi connectivity index (χ0) is 49.5. The molecule has 13 aromatic rings. The minimum Gasteiger partial charge on any atom is -0.497 e. The molecule has 0 aliphatic rings. The second kappa shape index (κ2) is 18.8. The molecule has 11 aromatic carbocycles. The molecule has 0 aliphatic heterocycles. The van der Waals surface area contributed by atoms with Crippen molar-refractivity contribution >= 4 is 77.7 Å². The van der Waals surface area contributed by atoms with Crippen LogP contribution in [0.25, 0.3) is 77.2 Å². The van der Waals surface area contributed by atoms with Crippen LogP contribution < -0.4 is 19.3 Å². The molecule has 74 heavy (non-hydrogen) atoms. The monoisotopic (exact) mass is 954 g/mol. The predicted octanol–water partition coefficient (Wildman–Crippen LogP) is 18.2. The Morgan fingerprint density at radius 1 is 0.257 bits per heavy atom. The molecule has 6 nitrogen and oxygen atoms in total. The van der Waals surface area contributed by atoms with Crippen LogP contribution in [-0.2, 0) is 0 Å². The molecule has 354 valence electrons. The van der Waals surface area contributed by atoms with Crippen LogP contribution >= 0.6 is 0 Å². The lowest BCUT2D eigenvalue weighted by atomic mass is 10.0. The molecule has 0 aliphatic carbocycles. The minimum atomic E-state index is 0.818. The number of aromatic nitrogens is 2. The van der Waals surface area contributed by atoms with Crippen LogP contribution in [0.15, 0.2) is 267 Å². The van der Waals surface area contributed by atoms with E-state index in [2.05, 4.69) is 249 Å². The summed E-state index contributed by atoms with van der Waals surface area (Å²) in [6.45, 7) is 0. The number of fused-ring (bicyclic) bond motifs is 6. The molecule has 0 atom stereocenters. The van der Waals surface area contributed by atoms with Crippen molar-refractivity contribution in [3.8, 4) is 45.1 Å². The molecule has 0 radical (unpaired) electrons. The number of para-hydroxylation sites is 4. The van der Waals surface area contributed by atoms with Crippen LogP contribution in [0.4, 0.5) is 34.1 Å². The Bertz CT molecular complexity index is 3850. The zero-order valence-electron chi connectivity index (χ0n) is 41.0. The van der Waals surface area contributed by atoms with Crippen molar-refractivity contribution in [2.75, 3.05) is 24.0 Å². The van der Waals surface area contributed by atoms with Crippen LogP contribution in [0.5, 0.6) is 11.5 Å². The normalized spacial score (nSPS) is 11.4. The molecule has 0 saturated heterocycles. The van der Waals surface area contributed by atoms with Gasteiger partial charge in [0.05, 0.1) is 36.3 Å². The first-order valence-corrected chi connectivity index (χ1v) is 25.0. The van der Waals surface area contributed by atoms with E-state index >= 15 is 0 Å². The van der Waals surface area contributed by atoms with Gasteiger partial charge in [0.15, 0.2) is 0 Å². The predicted molar refractivity (Wildman–Crippen MR) is 308 cm³/mol. The quantitative estimate of drug-likeness (QED) is 0.122. The van der Waals surface area contributed by atoms with Crippen LogP contribution in [0.3, 0.4) is 0 Å². The molecule has 0 saturated carbocycles. The molecule has 0 amide bonds. The van der Waals surface area contributed by atoms with Crippen molar-refractivity contribution in [3.63, 3.8) is 0 Å². The van der Waals surface area contributed by atoms with Crippen LogP contribution in [0, 0.1) is 0 Å². The van der Waals surface area contributed by atoms with Gasteiger partial charge in [0, 0.05) is 79.2 Å². The number of nitrogens with zero attached hydrogens (tertiary/aromatic N) is 4. The Labute approximate surface area is 430 Å². The standard InChI is InChI=1S/C68H50N4O2/c1-73-59-21-13-19-57(43-59)69(51-15-5-3-6-16-51)53-35-27-47(28-36-53)49-31-39-55(40-32-49)71-65-25-11-9-23-61(65)63-46-68-64(45-67(63)71)62-24-10-12-26-66(62)72(68)56-41-33-50(34-42-56)48-29-37-54(38-30-48)70(52-17-7-4-8-18-52)58-20-14-22-60(44-58)74-2/h3-46H,1-2H3. The lowest BCUT2D eigenvalue weighted by molar-refractivity contribution is 0.415. The molecule has 6 heteroatoms. The summed E-state index contributed by atoms with van der Waals surface area (Å²) < 4.78 is 16.0. The first-order chi connectivity index (χ1) is 36.6. The maximum atomic E-state index is 5.60. The van der Waals surface area contributed by atoms with Crippen molar-refractivity contribution in [1.82, 2.24) is 9.13 Å². The Hall–Kier alpha value is -9.78. The Balaban J connectivity index is 0.834. The number of anilines is 6. The van der Waals surface area contributed by atoms with E-state index < -0.39 is 0 Å². The topological polar surface area (TPSA) is 34.8 Å². The van der Waals surface area contributed by atoms with Gasteiger partial charge in [-0.05, 0) is 144 Å². The fraction of sp³-hybridized carbons (Fsp3) is 0.0294. The summed E-state index contributed by atoms with van der Waals surface area (Å²) in [6, 6.07) is 95.3. The largest absolute Gasteiger partial charge is 0.497 e. The van der Waals surface area contributed by atoms with Gasteiger partial charge < -0.3 is 28.4 Å². The SMILES string of the molecule is COc1cccc(N(c2ccccc2)c2ccc(-c3ccc(-n4c5ccccc5c5cc6c(cc54)c4ccccc4n6-c4ccc(-c5ccc(N(c6ccccc6)c6cccc(OC)c6)cc5)cc4)cc3)cc2)c1. The first-order valence-electron chi connectivity index (χ1n) is 25.0. The number of hydrogen-bond acceptors (Lipinski definition) is 4. The average Bonchev–Trinajstić information content (AvgIpc) is 4.03. The number of methoxy groups -OCH3 is 2. The highest BCUT2D eigenvalue weighted by molar-refractivity contribution is 6.19. The van der Waals surface area contributed by atoms with Crippen molar-refractivity contribution in [1.29, 1.82) is 0 Å². The fourth-order valence-electron chi connectivity index (χ4n) is 10.7. The van der Waals surface area contributed by atoms with Gasteiger partial charge in [-0.25, -0.2) is 0 Å². The van der Waals surface area contributed by atoms with Gasteiger partial charge >= 0.3 is 0 Å². The van der Waals surface area contributed by atoms with Crippen molar-refractivity contribution in [2.45, 2.75) is 0 Å². The average molecular weight is 955 g/mol. The van der Waals surface area contributed by atoms with Crippen molar-refractivity contribution in [3.05, 3.63) is 267 Å². The lowest BCUT2D eigenvalue weighted by Gasteiger charge is -2.26. The minimum absolute atomic E-state index is 0.818. The number of benzene rings is 11. The highest BCUT2D eigenvalue weighted by atomic mass is 16.5. The van der Waals surface area contributed by atoms with Gasteiger partial charge in [-0.2, -0.15) is 0 Å². The molecule has 0 N–H and O–H groups in total. The lowest BCUT2D eigenvalue weighted by Crippen LogP contribution is -2.09. The Morgan fingerprint density at radius 2 is 0.581 bits per heavy atom. The third-order valence-corrected chi connectivity index (χ3v) is 14.3. The summed E-state index contributed by atoms with van der Waals surface area (Å²) in [5.74, 6) is 1.64. The smallest absolute Gasteiger partial charge is 0.120 e. The van der Waals surface area contributed by atoms with E-state index in [-0.39, 0.29) is 0 Å². The Morgan fingerprint density at radius 3 is 0.959 bits per heavy atom. The molecule has 0 unspecified atom stereocenters. The summed E-state index contributed by atoms with van der Waals surface area (Å²) in [6.07, 6.45) is 0. The summed E-state index contributed by atoms with van der Waals surface area (Å²) in [7, 11) is 3.41. The maximum Gasteiger partial charge on any atom is 0.120 e. The van der Waals surface area contributed by atoms with Gasteiger partial charge in [0.1, 0.15) is 11.5 Å². The van der Waals surface area contributed by atoms with Gasteiger partial charge in [-0.1, -0.05) is 133 Å². The van der Waals surface area contributed by atoms with Crippen LogP contribution in [0.2, 0.25) is 0 Å². The van der Waals surface area contributed by atoms with E-state index in [0.717, 1.165) is 79.3 Å². The summed E-state index contributed by atoms with van der Waals surface area (Å²) in [4.78, 5) is 4.52. The van der Waals surface area contributed by atoms with E-state index in [1.807, 2.05) is 36.4 Å². The van der Waals surface area contributed by atoms with Gasteiger partial charge in [-0.15, -0.1) is 0 Å². The molecule has 0 bridgehead atoms. The highest BCUT2D eigenvalue weighted by Gasteiger charge is 2.20. The van der Waals surface area contributed by atoms with Crippen LogP contribution in [-0.4, -0.2) is 23.4 Å². The number of hydrogen-bond donors (Lipinski definition) is 0. The maximum absolute atomic E-state index is 5.60. The molecule has 0 spiro atoms. The molecular weight excluding hydrogens is 905 g/mol. The third kappa shape index (κ3) is 7.86. The van der Waals surface area contributed by atoms with Crippen LogP contribution in [0.1, 0.15) is 0 Å². The first kappa shape index (κ1) is 44.2. The summed E-state index contributed by atoms with van der Waals surface area (Å²) in [5, 5.41) is 4.86. The van der Waals surface area contributed by atoms with Gasteiger partial charge in [0.25, 0.3) is 0 Å². The fourth-order valence-corrected chi connectivity index (χ4v) is 10.7. The van der Waals surface area contributed by atoms with Gasteiger partial charge in [0.2, 0.25) is 0 Å². The molecule has 0 fully saturated rings. The van der Waals surface area contributed by atoms with E-state index in [1.165, 1.54) is 43.6 Å². The molecule has 13 rings (SSSR count). The van der Waals surface area contributed by atoms with E-state index in [4.69, 9.17) is 9.47 Å². The highest BCUT2D eigenvalue weighted by Crippen LogP contribution is 2.42. The van der Waals surface area contributed by atoms with Crippen molar-refractivity contribution in [2.24, 2.45) is 0 Å². The molecule has 2 aromatic heterocycles. The summed E-state index contributed by atoms with van der Waals surface area (Å²) >= 11 is 0. The van der Waals surface area contributed by atoms with E-state index in [9.17, 15) is 0 Å². The second-order valence-corrected chi connectivity index (χ2v) is 18.5. The summed E-state index contributed by atoms with van der Waals surface area (Å²) in [5.41, 5.74) is 17.9. The molecular formula is C68H50N4O2. The zero-order valence-corrected chi connectivity index (χ0v) is 41.0. The van der Waals surface area contributed by atoms with Crippen molar-refractivity contribution < 1.29 is 9.47 Å². The van der Waals surface area contributed by atoms with E-state index in [0.29, 0.717) is 0 Å². The third-order valence-electron chi connectivity index (χ3n) is 14.3. The number of ether oxygens (including phenoxy) is 2.